The molecular weight excluding hydrogens is 414 g/mol. The summed E-state index contributed by atoms with van der Waals surface area (Å²) in [5, 5.41) is 8.59. The molecule has 3 heterocycles. The highest BCUT2D eigenvalue weighted by Crippen LogP contribution is 2.39. The summed E-state index contributed by atoms with van der Waals surface area (Å²) in [7, 11) is 1.78. The highest BCUT2D eigenvalue weighted by molar-refractivity contribution is 5.49. The lowest BCUT2D eigenvalue weighted by Crippen LogP contribution is -2.49. The van der Waals surface area contributed by atoms with E-state index < -0.39 is 0 Å². The van der Waals surface area contributed by atoms with Crippen LogP contribution in [0.4, 0.5) is 0 Å². The smallest absolute Gasteiger partial charge is 0.249 e. The van der Waals surface area contributed by atoms with Crippen LogP contribution in [-0.4, -0.2) is 78.0 Å². The molecule has 0 bridgehead atoms. The van der Waals surface area contributed by atoms with Gasteiger partial charge in [-0.3, -0.25) is 9.88 Å². The summed E-state index contributed by atoms with van der Waals surface area (Å²) in [6.45, 7) is 14.7. The molecule has 2 aromatic heterocycles. The average molecular weight is 454 g/mol. The third-order valence-corrected chi connectivity index (χ3v) is 7.43. The topological polar surface area (TPSA) is 67.5 Å². The summed E-state index contributed by atoms with van der Waals surface area (Å²) < 4.78 is 11.2. The Kier molecular flexibility index (Phi) is 8.28. The third kappa shape index (κ3) is 6.28. The molecule has 0 radical (unpaired) electrons. The minimum Gasteiger partial charge on any atom is -0.421 e. The van der Waals surface area contributed by atoms with E-state index in [1.54, 1.807) is 19.5 Å². The molecule has 0 amide bonds. The first-order chi connectivity index (χ1) is 16.0. The van der Waals surface area contributed by atoms with E-state index >= 15 is 0 Å². The standard InChI is InChI=1S/C26H39N5O2/c1-19(2)24-15-22(16-25-28-29-26(33-25)21-6-5-7-27-17-21)20(3)14-23(24)18-31-10-8-30(9-11-31)12-13-32-4/h5-7,14,17,19,22-24H,8-13,15-16,18H2,1-4H3. The monoisotopic (exact) mass is 453 g/mol. The fourth-order valence-corrected chi connectivity index (χ4v) is 5.35. The van der Waals surface area contributed by atoms with Crippen molar-refractivity contribution >= 4 is 0 Å². The Labute approximate surface area is 198 Å². The Balaban J connectivity index is 1.37. The fourth-order valence-electron chi connectivity index (χ4n) is 5.35. The van der Waals surface area contributed by atoms with Crippen LogP contribution in [0.15, 0.2) is 40.6 Å². The van der Waals surface area contributed by atoms with Crippen molar-refractivity contribution in [3.05, 3.63) is 42.1 Å². The number of nitrogens with zero attached hydrogens (tertiary/aromatic N) is 5. The highest BCUT2D eigenvalue weighted by Gasteiger charge is 2.34. The molecule has 1 saturated heterocycles. The molecule has 1 aliphatic carbocycles. The summed E-state index contributed by atoms with van der Waals surface area (Å²) in [5.74, 6) is 3.67. The molecule has 33 heavy (non-hydrogen) atoms. The Morgan fingerprint density at radius 2 is 1.94 bits per heavy atom. The Hall–Kier alpha value is -2.09. The number of aromatic nitrogens is 3. The van der Waals surface area contributed by atoms with E-state index in [0.29, 0.717) is 29.6 Å². The van der Waals surface area contributed by atoms with Crippen LogP contribution in [0.3, 0.4) is 0 Å². The second-order valence-corrected chi connectivity index (χ2v) is 10.00. The maximum atomic E-state index is 5.99. The molecule has 4 rings (SSSR count). The van der Waals surface area contributed by atoms with Gasteiger partial charge in [0.1, 0.15) is 0 Å². The summed E-state index contributed by atoms with van der Waals surface area (Å²) in [5.41, 5.74) is 2.34. The van der Waals surface area contributed by atoms with Gasteiger partial charge >= 0.3 is 0 Å². The number of hydrogen-bond donors (Lipinski definition) is 0. The van der Waals surface area contributed by atoms with Gasteiger partial charge in [-0.2, -0.15) is 0 Å². The van der Waals surface area contributed by atoms with E-state index in [-0.39, 0.29) is 0 Å². The predicted molar refractivity (Wildman–Crippen MR) is 130 cm³/mol. The van der Waals surface area contributed by atoms with Gasteiger partial charge in [0.25, 0.3) is 0 Å². The molecule has 0 N–H and O–H groups in total. The highest BCUT2D eigenvalue weighted by atomic mass is 16.5. The summed E-state index contributed by atoms with van der Waals surface area (Å²) in [6.07, 6.45) is 8.06. The van der Waals surface area contributed by atoms with E-state index in [1.807, 2.05) is 12.1 Å². The average Bonchev–Trinajstić information content (AvgIpc) is 3.29. The van der Waals surface area contributed by atoms with Crippen LogP contribution < -0.4 is 0 Å². The molecule has 1 aliphatic heterocycles. The van der Waals surface area contributed by atoms with Gasteiger partial charge in [0, 0.05) is 65.2 Å². The molecule has 1 fully saturated rings. The zero-order valence-electron chi connectivity index (χ0n) is 20.6. The van der Waals surface area contributed by atoms with Gasteiger partial charge < -0.3 is 14.1 Å². The predicted octanol–water partition coefficient (Wildman–Crippen LogP) is 3.79. The maximum absolute atomic E-state index is 5.99. The van der Waals surface area contributed by atoms with Crippen molar-refractivity contribution in [2.45, 2.75) is 33.6 Å². The summed E-state index contributed by atoms with van der Waals surface area (Å²) >= 11 is 0. The van der Waals surface area contributed by atoms with Gasteiger partial charge in [-0.25, -0.2) is 0 Å². The second kappa shape index (κ2) is 11.4. The molecule has 0 spiro atoms. The van der Waals surface area contributed by atoms with Gasteiger partial charge in [0.15, 0.2) is 0 Å². The van der Waals surface area contributed by atoms with Crippen molar-refractivity contribution in [2.75, 3.05) is 53.0 Å². The minimum atomic E-state index is 0.460. The van der Waals surface area contributed by atoms with Gasteiger partial charge in [-0.15, -0.1) is 10.2 Å². The Morgan fingerprint density at radius 3 is 2.64 bits per heavy atom. The van der Waals surface area contributed by atoms with Crippen molar-refractivity contribution in [1.29, 1.82) is 0 Å². The molecule has 2 aromatic rings. The first-order valence-electron chi connectivity index (χ1n) is 12.4. The number of ether oxygens (including phenoxy) is 1. The zero-order valence-corrected chi connectivity index (χ0v) is 20.6. The molecule has 0 aromatic carbocycles. The van der Waals surface area contributed by atoms with E-state index in [9.17, 15) is 0 Å². The molecule has 0 saturated carbocycles. The van der Waals surface area contributed by atoms with Crippen LogP contribution in [0, 0.1) is 23.7 Å². The lowest BCUT2D eigenvalue weighted by Gasteiger charge is -2.41. The van der Waals surface area contributed by atoms with E-state index in [0.717, 1.165) is 63.8 Å². The number of piperazine rings is 1. The molecular formula is C26H39N5O2. The van der Waals surface area contributed by atoms with Crippen molar-refractivity contribution in [3.8, 4) is 11.5 Å². The molecule has 3 unspecified atom stereocenters. The quantitative estimate of drug-likeness (QED) is 0.535. The summed E-state index contributed by atoms with van der Waals surface area (Å²) in [4.78, 5) is 9.33. The van der Waals surface area contributed by atoms with Gasteiger partial charge in [-0.1, -0.05) is 25.5 Å². The normalized spacial score (nSPS) is 24.9. The van der Waals surface area contributed by atoms with Crippen molar-refractivity contribution < 1.29 is 9.15 Å². The number of rotatable bonds is 9. The van der Waals surface area contributed by atoms with E-state index in [1.165, 1.54) is 12.0 Å². The Morgan fingerprint density at radius 1 is 1.15 bits per heavy atom. The van der Waals surface area contributed by atoms with E-state index in [4.69, 9.17) is 9.15 Å². The number of allylic oxidation sites excluding steroid dienone is 1. The zero-order chi connectivity index (χ0) is 23.2. The lowest BCUT2D eigenvalue weighted by molar-refractivity contribution is 0.0798. The largest absolute Gasteiger partial charge is 0.421 e. The van der Waals surface area contributed by atoms with Crippen molar-refractivity contribution in [1.82, 2.24) is 25.0 Å². The molecule has 7 nitrogen and oxygen atoms in total. The lowest BCUT2D eigenvalue weighted by atomic mass is 9.69. The van der Waals surface area contributed by atoms with Crippen LogP contribution in [0.2, 0.25) is 0 Å². The first kappa shape index (κ1) is 24.0. The Bertz CT molecular complexity index is 889. The molecule has 180 valence electrons. The fraction of sp³-hybridized carbons (Fsp3) is 0.654. The van der Waals surface area contributed by atoms with Crippen LogP contribution in [-0.2, 0) is 11.2 Å². The molecule has 2 aliphatic rings. The van der Waals surface area contributed by atoms with Gasteiger partial charge in [-0.05, 0) is 49.1 Å². The number of hydrogen-bond acceptors (Lipinski definition) is 7. The van der Waals surface area contributed by atoms with Crippen LogP contribution in [0.25, 0.3) is 11.5 Å². The van der Waals surface area contributed by atoms with Crippen LogP contribution in [0.5, 0.6) is 0 Å². The van der Waals surface area contributed by atoms with Crippen LogP contribution in [0.1, 0.15) is 33.1 Å². The summed E-state index contributed by atoms with van der Waals surface area (Å²) in [6, 6.07) is 3.84. The van der Waals surface area contributed by atoms with Crippen molar-refractivity contribution in [2.24, 2.45) is 23.7 Å². The first-order valence-corrected chi connectivity index (χ1v) is 12.4. The SMILES string of the molecule is COCCN1CCN(CC2C=C(C)C(Cc3nnc(-c4cccnc4)o3)CC2C(C)C)CC1. The third-order valence-electron chi connectivity index (χ3n) is 7.43. The molecule has 3 atom stereocenters. The number of methoxy groups -OCH3 is 1. The minimum absolute atomic E-state index is 0.460. The van der Waals surface area contributed by atoms with Gasteiger partial charge in [0.2, 0.25) is 11.8 Å². The van der Waals surface area contributed by atoms with E-state index in [2.05, 4.69) is 51.8 Å². The number of pyridine rings is 1. The maximum Gasteiger partial charge on any atom is 0.249 e. The van der Waals surface area contributed by atoms with Crippen molar-refractivity contribution in [3.63, 3.8) is 0 Å². The van der Waals surface area contributed by atoms with Gasteiger partial charge in [0.05, 0.1) is 12.2 Å². The molecule has 7 heteroatoms. The van der Waals surface area contributed by atoms with Crippen LogP contribution >= 0.6 is 0 Å². The second-order valence-electron chi connectivity index (χ2n) is 10.00.